The fourth-order valence-electron chi connectivity index (χ4n) is 2.53. The largest absolute Gasteiger partial charge is 0.497 e. The van der Waals surface area contributed by atoms with Crippen molar-refractivity contribution >= 4 is 23.5 Å². The zero-order chi connectivity index (χ0) is 19.1. The van der Waals surface area contributed by atoms with Gasteiger partial charge in [0, 0.05) is 23.9 Å². The Morgan fingerprint density at radius 3 is 2.59 bits per heavy atom. The average molecular weight is 379 g/mol. The molecule has 0 spiro atoms. The highest BCUT2D eigenvalue weighted by Crippen LogP contribution is 2.24. The van der Waals surface area contributed by atoms with Gasteiger partial charge in [-0.05, 0) is 55.5 Å². The molecule has 0 saturated carbocycles. The predicted molar refractivity (Wildman–Crippen MR) is 113 cm³/mol. The van der Waals surface area contributed by atoms with E-state index in [9.17, 15) is 0 Å². The SMILES string of the molecule is CCNC(=S)N/N=C/c1cn(-c2ccccc2)nc1-c1ccc(OC)cc1. The molecule has 0 aliphatic rings. The summed E-state index contributed by atoms with van der Waals surface area (Å²) in [6, 6.07) is 17.7. The Hall–Kier alpha value is -3.19. The molecule has 7 heteroatoms. The number of methoxy groups -OCH3 is 1. The number of hydrogen-bond acceptors (Lipinski definition) is 4. The zero-order valence-electron chi connectivity index (χ0n) is 15.2. The third kappa shape index (κ3) is 4.71. The van der Waals surface area contributed by atoms with Crippen LogP contribution in [-0.2, 0) is 0 Å². The number of aromatic nitrogens is 2. The fourth-order valence-corrected chi connectivity index (χ4v) is 2.73. The smallest absolute Gasteiger partial charge is 0.186 e. The molecule has 0 bridgehead atoms. The summed E-state index contributed by atoms with van der Waals surface area (Å²) in [5, 5.41) is 12.5. The van der Waals surface area contributed by atoms with Crippen molar-refractivity contribution in [2.45, 2.75) is 6.92 Å². The monoisotopic (exact) mass is 379 g/mol. The molecule has 1 aromatic heterocycles. The molecule has 27 heavy (non-hydrogen) atoms. The summed E-state index contributed by atoms with van der Waals surface area (Å²) >= 11 is 5.13. The van der Waals surface area contributed by atoms with E-state index in [1.54, 1.807) is 13.3 Å². The summed E-state index contributed by atoms with van der Waals surface area (Å²) in [6.07, 6.45) is 3.66. The van der Waals surface area contributed by atoms with Gasteiger partial charge in [0.2, 0.25) is 0 Å². The number of para-hydroxylation sites is 1. The first-order valence-corrected chi connectivity index (χ1v) is 8.98. The lowest BCUT2D eigenvalue weighted by molar-refractivity contribution is 0.415. The number of ether oxygens (including phenoxy) is 1. The lowest BCUT2D eigenvalue weighted by atomic mass is 10.1. The van der Waals surface area contributed by atoms with E-state index in [0.717, 1.165) is 34.8 Å². The highest BCUT2D eigenvalue weighted by atomic mass is 32.1. The van der Waals surface area contributed by atoms with E-state index < -0.39 is 0 Å². The van der Waals surface area contributed by atoms with Crippen molar-refractivity contribution in [2.24, 2.45) is 5.10 Å². The summed E-state index contributed by atoms with van der Waals surface area (Å²) in [5.74, 6) is 0.800. The Bertz CT molecular complexity index is 919. The Balaban J connectivity index is 1.94. The Morgan fingerprint density at radius 2 is 1.93 bits per heavy atom. The van der Waals surface area contributed by atoms with Crippen molar-refractivity contribution in [1.29, 1.82) is 0 Å². The van der Waals surface area contributed by atoms with Crippen molar-refractivity contribution in [3.05, 3.63) is 66.4 Å². The number of hydrogen-bond donors (Lipinski definition) is 2. The minimum Gasteiger partial charge on any atom is -0.497 e. The Labute approximate surface area is 163 Å². The molecule has 3 aromatic rings. The van der Waals surface area contributed by atoms with E-state index in [1.165, 1.54) is 0 Å². The predicted octanol–water partition coefficient (Wildman–Crippen LogP) is 3.37. The van der Waals surface area contributed by atoms with Crippen molar-refractivity contribution < 1.29 is 4.74 Å². The van der Waals surface area contributed by atoms with Crippen LogP contribution in [-0.4, -0.2) is 34.8 Å². The molecule has 3 rings (SSSR count). The van der Waals surface area contributed by atoms with Gasteiger partial charge in [-0.1, -0.05) is 18.2 Å². The molecule has 0 amide bonds. The molecular formula is C20H21N5OS. The van der Waals surface area contributed by atoms with Crippen molar-refractivity contribution in [2.75, 3.05) is 13.7 Å². The molecular weight excluding hydrogens is 358 g/mol. The number of hydrazone groups is 1. The van der Waals surface area contributed by atoms with Crippen LogP contribution in [0.1, 0.15) is 12.5 Å². The van der Waals surface area contributed by atoms with Gasteiger partial charge in [0.15, 0.2) is 5.11 Å². The molecule has 6 nitrogen and oxygen atoms in total. The van der Waals surface area contributed by atoms with Gasteiger partial charge in [0.05, 0.1) is 19.0 Å². The van der Waals surface area contributed by atoms with Gasteiger partial charge in [-0.25, -0.2) is 4.68 Å². The summed E-state index contributed by atoms with van der Waals surface area (Å²) in [6.45, 7) is 2.72. The van der Waals surface area contributed by atoms with E-state index in [4.69, 9.17) is 22.1 Å². The molecule has 0 saturated heterocycles. The average Bonchev–Trinajstić information content (AvgIpc) is 3.13. The van der Waals surface area contributed by atoms with Crippen LogP contribution in [0.5, 0.6) is 5.75 Å². The number of rotatable bonds is 6. The number of nitrogens with zero attached hydrogens (tertiary/aromatic N) is 3. The first-order chi connectivity index (χ1) is 13.2. The third-order valence-electron chi connectivity index (χ3n) is 3.83. The topological polar surface area (TPSA) is 63.5 Å². The van der Waals surface area contributed by atoms with Crippen LogP contribution in [0.4, 0.5) is 0 Å². The molecule has 0 unspecified atom stereocenters. The molecule has 2 aromatic carbocycles. The third-order valence-corrected chi connectivity index (χ3v) is 4.07. The minimum absolute atomic E-state index is 0.482. The van der Waals surface area contributed by atoms with Gasteiger partial charge in [-0.15, -0.1) is 0 Å². The molecule has 0 fully saturated rings. The van der Waals surface area contributed by atoms with Crippen LogP contribution in [0.25, 0.3) is 16.9 Å². The van der Waals surface area contributed by atoms with Crippen molar-refractivity contribution in [3.8, 4) is 22.7 Å². The second kappa shape index (κ2) is 8.95. The van der Waals surface area contributed by atoms with Gasteiger partial charge >= 0.3 is 0 Å². The van der Waals surface area contributed by atoms with Crippen molar-refractivity contribution in [1.82, 2.24) is 20.5 Å². The van der Waals surface area contributed by atoms with Crippen LogP contribution >= 0.6 is 12.2 Å². The maximum atomic E-state index is 5.24. The van der Waals surface area contributed by atoms with Crippen LogP contribution in [0.2, 0.25) is 0 Å². The Morgan fingerprint density at radius 1 is 1.19 bits per heavy atom. The number of thiocarbonyl (C=S) groups is 1. The normalized spacial score (nSPS) is 10.7. The molecule has 0 radical (unpaired) electrons. The lowest BCUT2D eigenvalue weighted by Crippen LogP contribution is -2.31. The number of nitrogens with one attached hydrogen (secondary N) is 2. The summed E-state index contributed by atoms with van der Waals surface area (Å²) in [5.41, 5.74) is 6.45. The zero-order valence-corrected chi connectivity index (χ0v) is 16.0. The highest BCUT2D eigenvalue weighted by Gasteiger charge is 2.11. The van der Waals surface area contributed by atoms with Crippen LogP contribution < -0.4 is 15.5 Å². The minimum atomic E-state index is 0.482. The molecule has 0 aliphatic carbocycles. The Kier molecular flexibility index (Phi) is 6.17. The molecule has 138 valence electrons. The molecule has 0 atom stereocenters. The van der Waals surface area contributed by atoms with Gasteiger partial charge < -0.3 is 10.1 Å². The number of benzene rings is 2. The quantitative estimate of drug-likeness (QED) is 0.391. The first-order valence-electron chi connectivity index (χ1n) is 8.57. The molecule has 0 aliphatic heterocycles. The van der Waals surface area contributed by atoms with Crippen molar-refractivity contribution in [3.63, 3.8) is 0 Å². The van der Waals surface area contributed by atoms with E-state index in [1.807, 2.05) is 72.4 Å². The lowest BCUT2D eigenvalue weighted by Gasteiger charge is -2.03. The summed E-state index contributed by atoms with van der Waals surface area (Å²) in [4.78, 5) is 0. The van der Waals surface area contributed by atoms with Gasteiger partial charge in [0.1, 0.15) is 11.4 Å². The van der Waals surface area contributed by atoms with Gasteiger partial charge in [-0.3, -0.25) is 5.43 Å². The maximum Gasteiger partial charge on any atom is 0.186 e. The van der Waals surface area contributed by atoms with Crippen LogP contribution in [0.3, 0.4) is 0 Å². The van der Waals surface area contributed by atoms with Crippen LogP contribution in [0.15, 0.2) is 65.9 Å². The van der Waals surface area contributed by atoms with Gasteiger partial charge in [-0.2, -0.15) is 10.2 Å². The second-order valence-electron chi connectivity index (χ2n) is 5.67. The second-order valence-corrected chi connectivity index (χ2v) is 6.08. The molecule has 2 N–H and O–H groups in total. The van der Waals surface area contributed by atoms with E-state index in [-0.39, 0.29) is 0 Å². The summed E-state index contributed by atoms with van der Waals surface area (Å²) in [7, 11) is 1.65. The standard InChI is InChI=1S/C20H21N5OS/c1-3-21-20(27)23-22-13-16-14-25(17-7-5-4-6-8-17)24-19(16)15-9-11-18(26-2)12-10-15/h4-14H,3H2,1-2H3,(H2,21,23,27)/b22-13+. The van der Waals surface area contributed by atoms with E-state index >= 15 is 0 Å². The first kappa shape index (κ1) is 18.6. The highest BCUT2D eigenvalue weighted by molar-refractivity contribution is 7.80. The van der Waals surface area contributed by atoms with E-state index in [2.05, 4.69) is 15.8 Å². The van der Waals surface area contributed by atoms with Crippen LogP contribution in [0, 0.1) is 0 Å². The molecule has 1 heterocycles. The maximum absolute atomic E-state index is 5.24. The van der Waals surface area contributed by atoms with Gasteiger partial charge in [0.25, 0.3) is 0 Å². The van der Waals surface area contributed by atoms with E-state index in [0.29, 0.717) is 5.11 Å². The summed E-state index contributed by atoms with van der Waals surface area (Å²) < 4.78 is 7.08. The fraction of sp³-hybridized carbons (Fsp3) is 0.150.